The van der Waals surface area contributed by atoms with Gasteiger partial charge in [-0.05, 0) is 49.7 Å². The Morgan fingerprint density at radius 1 is 1.00 bits per heavy atom. The van der Waals surface area contributed by atoms with Crippen LogP contribution in [0.3, 0.4) is 0 Å². The lowest BCUT2D eigenvalue weighted by Gasteiger charge is -2.14. The van der Waals surface area contributed by atoms with E-state index in [4.69, 9.17) is 9.72 Å². The number of nitrogens with zero attached hydrogens (tertiary/aromatic N) is 3. The lowest BCUT2D eigenvalue weighted by molar-refractivity contribution is 0.0831. The van der Waals surface area contributed by atoms with E-state index in [1.165, 1.54) is 16.2 Å². The highest BCUT2D eigenvalue weighted by atomic mass is 32.1. The number of methoxy groups -OCH3 is 1. The van der Waals surface area contributed by atoms with Crippen LogP contribution in [-0.2, 0) is 0 Å². The number of amides is 2. The zero-order valence-electron chi connectivity index (χ0n) is 19.1. The van der Waals surface area contributed by atoms with Crippen LogP contribution in [0.2, 0.25) is 0 Å². The molecule has 0 radical (unpaired) electrons. The van der Waals surface area contributed by atoms with E-state index in [2.05, 4.69) is 10.3 Å². The molecule has 4 aromatic rings. The van der Waals surface area contributed by atoms with Crippen LogP contribution in [0.1, 0.15) is 31.3 Å². The molecule has 0 spiro atoms. The Balaban J connectivity index is 1.78. The molecular weight excluding hydrogens is 436 g/mol. The Labute approximate surface area is 196 Å². The number of ether oxygens (including phenoxy) is 1. The second-order valence-electron chi connectivity index (χ2n) is 7.79. The van der Waals surface area contributed by atoms with Crippen molar-refractivity contribution in [2.45, 2.75) is 13.8 Å². The second-order valence-corrected chi connectivity index (χ2v) is 8.79. The predicted molar refractivity (Wildman–Crippen MR) is 131 cm³/mol. The summed E-state index contributed by atoms with van der Waals surface area (Å²) >= 11 is 1.17. The smallest absolute Gasteiger partial charge is 0.265 e. The summed E-state index contributed by atoms with van der Waals surface area (Å²) < 4.78 is 5.26. The van der Waals surface area contributed by atoms with Crippen molar-refractivity contribution in [2.24, 2.45) is 0 Å². The molecule has 0 saturated heterocycles. The Kier molecular flexibility index (Phi) is 6.11. The molecule has 168 valence electrons. The van der Waals surface area contributed by atoms with Gasteiger partial charge in [0, 0.05) is 25.0 Å². The molecule has 0 saturated carbocycles. The van der Waals surface area contributed by atoms with Gasteiger partial charge in [-0.3, -0.25) is 14.9 Å². The van der Waals surface area contributed by atoms with Crippen molar-refractivity contribution in [3.05, 3.63) is 70.2 Å². The largest absolute Gasteiger partial charge is 0.497 e. The summed E-state index contributed by atoms with van der Waals surface area (Å²) in [4.78, 5) is 37.1. The molecule has 7 nitrogen and oxygen atoms in total. The third kappa shape index (κ3) is 4.29. The maximum atomic E-state index is 13.5. The molecule has 4 rings (SSSR count). The number of carbonyl (C=O) groups is 2. The zero-order valence-corrected chi connectivity index (χ0v) is 19.9. The van der Waals surface area contributed by atoms with E-state index in [1.54, 1.807) is 28.1 Å². The third-order valence-electron chi connectivity index (χ3n) is 5.34. The fraction of sp³-hybridized carbons (Fsp3) is 0.200. The van der Waals surface area contributed by atoms with E-state index in [-0.39, 0.29) is 11.8 Å². The number of hydrogen-bond donors (Lipinski definition) is 1. The second kappa shape index (κ2) is 8.99. The van der Waals surface area contributed by atoms with Crippen LogP contribution in [0.4, 0.5) is 5.13 Å². The van der Waals surface area contributed by atoms with Gasteiger partial charge in [-0.2, -0.15) is 0 Å². The van der Waals surface area contributed by atoms with Crippen molar-refractivity contribution < 1.29 is 14.3 Å². The molecular formula is C25H24N4O3S. The molecule has 8 heteroatoms. The summed E-state index contributed by atoms with van der Waals surface area (Å²) in [5.74, 6) is 0.314. The molecule has 2 amide bonds. The number of anilines is 1. The number of fused-ring (bicyclic) bond motifs is 1. The summed E-state index contributed by atoms with van der Waals surface area (Å²) in [6.07, 6.45) is 0. The quantitative estimate of drug-likeness (QED) is 0.456. The summed E-state index contributed by atoms with van der Waals surface area (Å²) in [5.41, 5.74) is 4.20. The van der Waals surface area contributed by atoms with Crippen molar-refractivity contribution in [1.82, 2.24) is 14.9 Å². The number of rotatable bonds is 5. The Morgan fingerprint density at radius 3 is 2.36 bits per heavy atom. The minimum absolute atomic E-state index is 0.141. The van der Waals surface area contributed by atoms with Gasteiger partial charge in [-0.15, -0.1) is 0 Å². The molecule has 0 aliphatic rings. The van der Waals surface area contributed by atoms with Crippen molar-refractivity contribution in [3.8, 4) is 17.0 Å². The highest BCUT2D eigenvalue weighted by molar-refractivity contribution is 7.17. The number of hydrogen-bond acceptors (Lipinski definition) is 6. The first-order chi connectivity index (χ1) is 15.8. The summed E-state index contributed by atoms with van der Waals surface area (Å²) in [7, 11) is 4.99. The molecule has 0 atom stereocenters. The molecule has 2 aromatic carbocycles. The number of aromatic nitrogens is 2. The average molecular weight is 461 g/mol. The molecule has 0 unspecified atom stereocenters. The van der Waals surface area contributed by atoms with E-state index in [1.807, 2.05) is 55.5 Å². The number of benzene rings is 2. The molecule has 0 bridgehead atoms. The monoisotopic (exact) mass is 460 g/mol. The van der Waals surface area contributed by atoms with Crippen LogP contribution in [0, 0.1) is 13.8 Å². The SMILES string of the molecule is COc1ccc(-c2nc3ccccc3c(C(=O)Nc3nc(C)c(C(=O)N(C)C)s3)c2C)cc1. The highest BCUT2D eigenvalue weighted by Crippen LogP contribution is 2.32. The van der Waals surface area contributed by atoms with Crippen LogP contribution in [0.5, 0.6) is 5.75 Å². The van der Waals surface area contributed by atoms with Crippen molar-refractivity contribution >= 4 is 39.2 Å². The van der Waals surface area contributed by atoms with Crippen molar-refractivity contribution in [1.29, 1.82) is 0 Å². The van der Waals surface area contributed by atoms with Crippen LogP contribution in [0.15, 0.2) is 48.5 Å². The normalized spacial score (nSPS) is 10.8. The number of para-hydroxylation sites is 1. The first-order valence-electron chi connectivity index (χ1n) is 10.3. The molecule has 33 heavy (non-hydrogen) atoms. The number of aryl methyl sites for hydroxylation is 1. The van der Waals surface area contributed by atoms with E-state index < -0.39 is 0 Å². The van der Waals surface area contributed by atoms with Gasteiger partial charge in [0.2, 0.25) is 0 Å². The summed E-state index contributed by atoms with van der Waals surface area (Å²) in [6, 6.07) is 15.1. The van der Waals surface area contributed by atoms with Gasteiger partial charge in [-0.1, -0.05) is 29.5 Å². The minimum atomic E-state index is -0.293. The van der Waals surface area contributed by atoms with Gasteiger partial charge >= 0.3 is 0 Å². The van der Waals surface area contributed by atoms with Gasteiger partial charge in [-0.25, -0.2) is 9.97 Å². The maximum Gasteiger partial charge on any atom is 0.265 e. The van der Waals surface area contributed by atoms with Gasteiger partial charge in [0.05, 0.1) is 29.6 Å². The lowest BCUT2D eigenvalue weighted by atomic mass is 9.97. The third-order valence-corrected chi connectivity index (χ3v) is 6.40. The maximum absolute atomic E-state index is 13.5. The first-order valence-corrected chi connectivity index (χ1v) is 11.2. The number of pyridine rings is 1. The first kappa shape index (κ1) is 22.4. The Bertz CT molecular complexity index is 1360. The predicted octanol–water partition coefficient (Wildman–Crippen LogP) is 4.94. The molecule has 0 aliphatic carbocycles. The van der Waals surface area contributed by atoms with Gasteiger partial charge < -0.3 is 9.64 Å². The fourth-order valence-electron chi connectivity index (χ4n) is 3.64. The van der Waals surface area contributed by atoms with Crippen molar-refractivity contribution in [3.63, 3.8) is 0 Å². The highest BCUT2D eigenvalue weighted by Gasteiger charge is 2.22. The Hall–Kier alpha value is -3.78. The lowest BCUT2D eigenvalue weighted by Crippen LogP contribution is -2.21. The van der Waals surface area contributed by atoms with E-state index >= 15 is 0 Å². The minimum Gasteiger partial charge on any atom is -0.497 e. The molecule has 2 heterocycles. The number of nitrogens with one attached hydrogen (secondary N) is 1. The van der Waals surface area contributed by atoms with Crippen LogP contribution in [0.25, 0.3) is 22.2 Å². The van der Waals surface area contributed by atoms with Gasteiger partial charge in [0.1, 0.15) is 10.6 Å². The topological polar surface area (TPSA) is 84.4 Å². The van der Waals surface area contributed by atoms with Gasteiger partial charge in [0.15, 0.2) is 5.13 Å². The van der Waals surface area contributed by atoms with E-state index in [0.717, 1.165) is 33.5 Å². The van der Waals surface area contributed by atoms with E-state index in [0.29, 0.717) is 21.3 Å². The van der Waals surface area contributed by atoms with E-state index in [9.17, 15) is 9.59 Å². The molecule has 0 fully saturated rings. The van der Waals surface area contributed by atoms with Crippen LogP contribution >= 0.6 is 11.3 Å². The molecule has 2 aromatic heterocycles. The van der Waals surface area contributed by atoms with Gasteiger partial charge in [0.25, 0.3) is 11.8 Å². The summed E-state index contributed by atoms with van der Waals surface area (Å²) in [6.45, 7) is 3.65. The van der Waals surface area contributed by atoms with Crippen LogP contribution < -0.4 is 10.1 Å². The number of carbonyl (C=O) groups excluding carboxylic acids is 2. The molecule has 1 N–H and O–H groups in total. The van der Waals surface area contributed by atoms with Crippen molar-refractivity contribution in [2.75, 3.05) is 26.5 Å². The standard InChI is InChI=1S/C25H24N4O3S/c1-14-20(23(30)28-25-26-15(2)22(33-25)24(31)29(3)4)18-8-6-7-9-19(18)27-21(14)16-10-12-17(32-5)13-11-16/h6-13H,1-5H3,(H,26,28,30). The summed E-state index contributed by atoms with van der Waals surface area (Å²) in [5, 5.41) is 4.03. The number of thiazole rings is 1. The zero-order chi connectivity index (χ0) is 23.7. The average Bonchev–Trinajstić information content (AvgIpc) is 3.17. The Morgan fingerprint density at radius 2 is 1.70 bits per heavy atom. The van der Waals surface area contributed by atoms with Crippen LogP contribution in [-0.4, -0.2) is 47.9 Å². The fourth-order valence-corrected chi connectivity index (χ4v) is 4.62. The molecule has 0 aliphatic heterocycles.